The van der Waals surface area contributed by atoms with Crippen LogP contribution in [-0.2, 0) is 5.41 Å². The van der Waals surface area contributed by atoms with Crippen molar-refractivity contribution in [3.05, 3.63) is 29.3 Å². The molecule has 0 aliphatic rings. The maximum absolute atomic E-state index is 5.53. The Hall–Kier alpha value is -1.77. The summed E-state index contributed by atoms with van der Waals surface area (Å²) in [5.41, 5.74) is 3.40. The van der Waals surface area contributed by atoms with E-state index in [1.807, 2.05) is 12.1 Å². The van der Waals surface area contributed by atoms with Gasteiger partial charge in [0, 0.05) is 17.5 Å². The number of methoxy groups -OCH3 is 2. The van der Waals surface area contributed by atoms with Gasteiger partial charge in [0.1, 0.15) is 5.75 Å². The van der Waals surface area contributed by atoms with E-state index in [1.165, 1.54) is 16.5 Å². The zero-order valence-electron chi connectivity index (χ0n) is 14.1. The molecule has 0 aliphatic carbocycles. The molecule has 114 valence electrons. The van der Waals surface area contributed by atoms with E-state index >= 15 is 0 Å². The van der Waals surface area contributed by atoms with Gasteiger partial charge < -0.3 is 9.47 Å². The van der Waals surface area contributed by atoms with Crippen LogP contribution in [0, 0.1) is 0 Å². The van der Waals surface area contributed by atoms with Gasteiger partial charge in [-0.1, -0.05) is 34.6 Å². The van der Waals surface area contributed by atoms with Crippen LogP contribution < -0.4 is 9.47 Å². The highest BCUT2D eigenvalue weighted by Crippen LogP contribution is 2.37. The molecule has 0 saturated carbocycles. The molecule has 0 spiro atoms. The average Bonchev–Trinajstić information content (AvgIpc) is 2.43. The van der Waals surface area contributed by atoms with Gasteiger partial charge in [0.05, 0.1) is 19.7 Å². The standard InChI is InChI=1S/C18H25NO2/c1-11(2)12-8-13-14(18(3,4)5)9-17(21-7)19-15(13)10-16(12)20-6/h8-11H,1-7H3. The zero-order valence-corrected chi connectivity index (χ0v) is 14.1. The highest BCUT2D eigenvalue weighted by atomic mass is 16.5. The van der Waals surface area contributed by atoms with Crippen molar-refractivity contribution in [1.82, 2.24) is 4.98 Å². The van der Waals surface area contributed by atoms with Crippen LogP contribution in [0.3, 0.4) is 0 Å². The number of benzene rings is 1. The highest BCUT2D eigenvalue weighted by Gasteiger charge is 2.21. The van der Waals surface area contributed by atoms with Crippen LogP contribution in [0.1, 0.15) is 51.7 Å². The van der Waals surface area contributed by atoms with Gasteiger partial charge in [-0.25, -0.2) is 4.98 Å². The molecule has 3 heteroatoms. The van der Waals surface area contributed by atoms with Crippen molar-refractivity contribution in [2.45, 2.75) is 46.0 Å². The monoisotopic (exact) mass is 287 g/mol. The molecule has 3 nitrogen and oxygen atoms in total. The summed E-state index contributed by atoms with van der Waals surface area (Å²) in [5, 5.41) is 1.17. The predicted molar refractivity (Wildman–Crippen MR) is 87.6 cm³/mol. The molecule has 1 aromatic heterocycles. The SMILES string of the molecule is COc1cc(C(C)(C)C)c2cc(C(C)C)c(OC)cc2n1. The van der Waals surface area contributed by atoms with Crippen LogP contribution in [0.5, 0.6) is 11.6 Å². The van der Waals surface area contributed by atoms with Crippen molar-refractivity contribution in [2.75, 3.05) is 14.2 Å². The van der Waals surface area contributed by atoms with Crippen LogP contribution >= 0.6 is 0 Å². The molecule has 1 aromatic carbocycles. The molecule has 0 aliphatic heterocycles. The van der Waals surface area contributed by atoms with Crippen molar-refractivity contribution in [1.29, 1.82) is 0 Å². The van der Waals surface area contributed by atoms with Crippen LogP contribution in [0.25, 0.3) is 10.9 Å². The van der Waals surface area contributed by atoms with Crippen molar-refractivity contribution in [2.24, 2.45) is 0 Å². The lowest BCUT2D eigenvalue weighted by Gasteiger charge is -2.23. The minimum Gasteiger partial charge on any atom is -0.496 e. The second-order valence-corrected chi connectivity index (χ2v) is 6.73. The molecule has 0 atom stereocenters. The van der Waals surface area contributed by atoms with Gasteiger partial charge in [-0.15, -0.1) is 0 Å². The first-order valence-corrected chi connectivity index (χ1v) is 7.35. The summed E-state index contributed by atoms with van der Waals surface area (Å²) in [6.07, 6.45) is 0. The Bertz CT molecular complexity index is 654. The normalized spacial score (nSPS) is 12.0. The van der Waals surface area contributed by atoms with E-state index in [-0.39, 0.29) is 5.41 Å². The summed E-state index contributed by atoms with van der Waals surface area (Å²) in [7, 11) is 3.36. The van der Waals surface area contributed by atoms with E-state index in [4.69, 9.17) is 9.47 Å². The molecule has 0 fully saturated rings. The third-order valence-corrected chi connectivity index (χ3v) is 3.78. The number of aromatic nitrogens is 1. The summed E-state index contributed by atoms with van der Waals surface area (Å²) in [6, 6.07) is 6.27. The number of fused-ring (bicyclic) bond motifs is 1. The molecule has 0 saturated heterocycles. The lowest BCUT2D eigenvalue weighted by molar-refractivity contribution is 0.397. The zero-order chi connectivity index (χ0) is 15.8. The first-order chi connectivity index (χ1) is 9.77. The van der Waals surface area contributed by atoms with Crippen LogP contribution in [0.4, 0.5) is 0 Å². The molecule has 2 aromatic rings. The molecule has 0 bridgehead atoms. The number of hydrogen-bond donors (Lipinski definition) is 0. The first kappa shape index (κ1) is 15.6. The Kier molecular flexibility index (Phi) is 4.13. The Morgan fingerprint density at radius 3 is 2.14 bits per heavy atom. The molecule has 0 amide bonds. The van der Waals surface area contributed by atoms with E-state index in [9.17, 15) is 0 Å². The Morgan fingerprint density at radius 2 is 1.67 bits per heavy atom. The van der Waals surface area contributed by atoms with Crippen molar-refractivity contribution in [3.63, 3.8) is 0 Å². The van der Waals surface area contributed by atoms with Crippen molar-refractivity contribution >= 4 is 10.9 Å². The molecule has 2 rings (SSSR count). The van der Waals surface area contributed by atoms with Gasteiger partial charge in [0.2, 0.25) is 5.88 Å². The maximum atomic E-state index is 5.53. The number of ether oxygens (including phenoxy) is 2. The molecule has 0 N–H and O–H groups in total. The van der Waals surface area contributed by atoms with Gasteiger partial charge in [-0.3, -0.25) is 0 Å². The van der Waals surface area contributed by atoms with Gasteiger partial charge >= 0.3 is 0 Å². The fourth-order valence-electron chi connectivity index (χ4n) is 2.60. The van der Waals surface area contributed by atoms with E-state index in [0.717, 1.165) is 11.3 Å². The molecule has 21 heavy (non-hydrogen) atoms. The van der Waals surface area contributed by atoms with Gasteiger partial charge in [-0.2, -0.15) is 0 Å². The minimum absolute atomic E-state index is 0.0251. The predicted octanol–water partition coefficient (Wildman–Crippen LogP) is 4.67. The fourth-order valence-corrected chi connectivity index (χ4v) is 2.60. The first-order valence-electron chi connectivity index (χ1n) is 7.35. The second-order valence-electron chi connectivity index (χ2n) is 6.73. The molecular weight excluding hydrogens is 262 g/mol. The van der Waals surface area contributed by atoms with Crippen LogP contribution in [0.2, 0.25) is 0 Å². The quantitative estimate of drug-likeness (QED) is 0.822. The van der Waals surface area contributed by atoms with Gasteiger partial charge in [-0.05, 0) is 28.5 Å². The lowest BCUT2D eigenvalue weighted by Crippen LogP contribution is -2.13. The van der Waals surface area contributed by atoms with Gasteiger partial charge in [0.15, 0.2) is 0 Å². The number of rotatable bonds is 3. The lowest BCUT2D eigenvalue weighted by atomic mass is 9.84. The average molecular weight is 287 g/mol. The summed E-state index contributed by atoms with van der Waals surface area (Å²) in [6.45, 7) is 11.0. The highest BCUT2D eigenvalue weighted by molar-refractivity contribution is 5.86. The number of nitrogens with zero attached hydrogens (tertiary/aromatic N) is 1. The second kappa shape index (κ2) is 5.55. The van der Waals surface area contributed by atoms with E-state index in [0.29, 0.717) is 11.8 Å². The minimum atomic E-state index is 0.0251. The third-order valence-electron chi connectivity index (χ3n) is 3.78. The maximum Gasteiger partial charge on any atom is 0.213 e. The molecular formula is C18H25NO2. The summed E-state index contributed by atoms with van der Waals surface area (Å²) in [5.74, 6) is 1.93. The smallest absolute Gasteiger partial charge is 0.213 e. The third kappa shape index (κ3) is 2.97. The molecule has 0 unspecified atom stereocenters. The van der Waals surface area contributed by atoms with Crippen LogP contribution in [0.15, 0.2) is 18.2 Å². The summed E-state index contributed by atoms with van der Waals surface area (Å²) >= 11 is 0. The van der Waals surface area contributed by atoms with E-state index in [2.05, 4.69) is 45.7 Å². The van der Waals surface area contributed by atoms with Gasteiger partial charge in [0.25, 0.3) is 0 Å². The van der Waals surface area contributed by atoms with E-state index < -0.39 is 0 Å². The summed E-state index contributed by atoms with van der Waals surface area (Å²) < 4.78 is 10.9. The Morgan fingerprint density at radius 1 is 1.00 bits per heavy atom. The Balaban J connectivity index is 2.85. The van der Waals surface area contributed by atoms with Crippen molar-refractivity contribution in [3.8, 4) is 11.6 Å². The largest absolute Gasteiger partial charge is 0.496 e. The van der Waals surface area contributed by atoms with Crippen LogP contribution in [-0.4, -0.2) is 19.2 Å². The summed E-state index contributed by atoms with van der Waals surface area (Å²) in [4.78, 5) is 4.57. The number of hydrogen-bond acceptors (Lipinski definition) is 3. The Labute approximate surface area is 127 Å². The number of pyridine rings is 1. The fraction of sp³-hybridized carbons (Fsp3) is 0.500. The topological polar surface area (TPSA) is 31.4 Å². The van der Waals surface area contributed by atoms with Crippen molar-refractivity contribution < 1.29 is 9.47 Å². The molecule has 1 heterocycles. The molecule has 0 radical (unpaired) electrons. The van der Waals surface area contributed by atoms with E-state index in [1.54, 1.807) is 14.2 Å².